The van der Waals surface area contributed by atoms with Crippen molar-refractivity contribution >= 4 is 27.2 Å². The monoisotopic (exact) mass is 338 g/mol. The molecule has 1 saturated heterocycles. The highest BCUT2D eigenvalue weighted by molar-refractivity contribution is 7.91. The summed E-state index contributed by atoms with van der Waals surface area (Å²) in [4.78, 5) is 2.15. The minimum absolute atomic E-state index is 0.0421. The second-order valence-electron chi connectivity index (χ2n) is 6.28. The Labute approximate surface area is 137 Å². The molecule has 0 aromatic heterocycles. The Morgan fingerprint density at radius 2 is 1.91 bits per heavy atom. The fraction of sp³-hybridized carbons (Fsp3) is 0.562. The molecule has 120 valence electrons. The van der Waals surface area contributed by atoms with Crippen molar-refractivity contribution in [3.63, 3.8) is 0 Å². The van der Waals surface area contributed by atoms with Crippen LogP contribution in [-0.2, 0) is 9.84 Å². The standard InChI is InChI=1S/C16H22N2O2S2/c1-12(13-5-3-2-4-6-13)17-16(21)18(14-7-8-14)15-9-10-22(19,20)11-15/h2-6,12,14-15H,7-11H2,1H3,(H,17,21). The van der Waals surface area contributed by atoms with Crippen LogP contribution < -0.4 is 5.32 Å². The van der Waals surface area contributed by atoms with Gasteiger partial charge < -0.3 is 10.2 Å². The number of rotatable bonds is 4. The minimum atomic E-state index is -2.89. The molecule has 0 amide bonds. The van der Waals surface area contributed by atoms with E-state index in [0.717, 1.165) is 12.8 Å². The van der Waals surface area contributed by atoms with E-state index in [1.54, 1.807) is 0 Å². The maximum absolute atomic E-state index is 11.8. The van der Waals surface area contributed by atoms with Crippen molar-refractivity contribution in [1.82, 2.24) is 10.2 Å². The maximum atomic E-state index is 11.8. The second-order valence-corrected chi connectivity index (χ2v) is 8.89. The van der Waals surface area contributed by atoms with Gasteiger partial charge in [0.15, 0.2) is 14.9 Å². The normalized spacial score (nSPS) is 24.7. The van der Waals surface area contributed by atoms with Crippen LogP contribution in [0.25, 0.3) is 0 Å². The number of sulfone groups is 1. The molecule has 22 heavy (non-hydrogen) atoms. The Morgan fingerprint density at radius 3 is 2.45 bits per heavy atom. The lowest BCUT2D eigenvalue weighted by Crippen LogP contribution is -2.48. The minimum Gasteiger partial charge on any atom is -0.356 e. The number of nitrogens with zero attached hydrogens (tertiary/aromatic N) is 1. The van der Waals surface area contributed by atoms with Crippen molar-refractivity contribution in [1.29, 1.82) is 0 Å². The fourth-order valence-corrected chi connectivity index (χ4v) is 5.25. The first-order valence-corrected chi connectivity index (χ1v) is 10.0. The molecule has 1 aromatic carbocycles. The lowest BCUT2D eigenvalue weighted by Gasteiger charge is -2.32. The molecule has 1 aliphatic heterocycles. The molecule has 0 spiro atoms. The van der Waals surface area contributed by atoms with Gasteiger partial charge >= 0.3 is 0 Å². The van der Waals surface area contributed by atoms with Crippen LogP contribution in [0.5, 0.6) is 0 Å². The van der Waals surface area contributed by atoms with Gasteiger partial charge in [-0.1, -0.05) is 30.3 Å². The zero-order valence-electron chi connectivity index (χ0n) is 12.7. The molecule has 1 heterocycles. The van der Waals surface area contributed by atoms with Gasteiger partial charge in [0.2, 0.25) is 0 Å². The lowest BCUT2D eigenvalue weighted by molar-refractivity contribution is 0.317. The van der Waals surface area contributed by atoms with Crippen LogP contribution in [-0.4, -0.2) is 42.0 Å². The van der Waals surface area contributed by atoms with Gasteiger partial charge in [0.05, 0.1) is 17.5 Å². The number of thiocarbonyl (C=S) groups is 1. The second kappa shape index (κ2) is 6.16. The van der Waals surface area contributed by atoms with E-state index in [9.17, 15) is 8.42 Å². The van der Waals surface area contributed by atoms with Crippen molar-refractivity contribution in [3.8, 4) is 0 Å². The number of benzene rings is 1. The summed E-state index contributed by atoms with van der Waals surface area (Å²) >= 11 is 5.60. The zero-order chi connectivity index (χ0) is 15.7. The third-order valence-corrected chi connectivity index (χ3v) is 6.50. The maximum Gasteiger partial charge on any atom is 0.169 e. The van der Waals surface area contributed by atoms with Crippen LogP contribution >= 0.6 is 12.2 Å². The van der Waals surface area contributed by atoms with Gasteiger partial charge in [-0.25, -0.2) is 8.42 Å². The van der Waals surface area contributed by atoms with Gasteiger partial charge in [-0.3, -0.25) is 0 Å². The molecule has 2 aliphatic rings. The third-order valence-electron chi connectivity index (χ3n) is 4.42. The number of hydrogen-bond donors (Lipinski definition) is 1. The summed E-state index contributed by atoms with van der Waals surface area (Å²) in [5, 5.41) is 4.08. The third kappa shape index (κ3) is 3.60. The Morgan fingerprint density at radius 1 is 1.23 bits per heavy atom. The largest absolute Gasteiger partial charge is 0.356 e. The Kier molecular flexibility index (Phi) is 4.41. The van der Waals surface area contributed by atoms with Crippen LogP contribution in [0.15, 0.2) is 30.3 Å². The summed E-state index contributed by atoms with van der Waals surface area (Å²) in [7, 11) is -2.89. The first-order valence-electron chi connectivity index (χ1n) is 7.80. The number of nitrogens with one attached hydrogen (secondary N) is 1. The zero-order valence-corrected chi connectivity index (χ0v) is 14.4. The van der Waals surface area contributed by atoms with Crippen LogP contribution in [0, 0.1) is 0 Å². The Hall–Kier alpha value is -1.14. The molecule has 4 nitrogen and oxygen atoms in total. The molecule has 1 aliphatic carbocycles. The van der Waals surface area contributed by atoms with E-state index in [0.29, 0.717) is 17.6 Å². The van der Waals surface area contributed by atoms with Crippen molar-refractivity contribution in [2.45, 2.75) is 44.3 Å². The summed E-state index contributed by atoms with van der Waals surface area (Å²) < 4.78 is 23.5. The Balaban J connectivity index is 1.69. The highest BCUT2D eigenvalue weighted by Crippen LogP contribution is 2.32. The molecule has 1 aromatic rings. The lowest BCUT2D eigenvalue weighted by atomic mass is 10.1. The molecule has 0 bridgehead atoms. The van der Waals surface area contributed by atoms with E-state index in [-0.39, 0.29) is 23.6 Å². The molecule has 6 heteroatoms. The van der Waals surface area contributed by atoms with Gasteiger partial charge in [0, 0.05) is 12.1 Å². The van der Waals surface area contributed by atoms with Gasteiger partial charge in [0.25, 0.3) is 0 Å². The molecule has 3 rings (SSSR count). The van der Waals surface area contributed by atoms with Crippen LogP contribution in [0.4, 0.5) is 0 Å². The molecule has 2 atom stereocenters. The van der Waals surface area contributed by atoms with Crippen LogP contribution in [0.3, 0.4) is 0 Å². The first-order chi connectivity index (χ1) is 10.5. The molecule has 2 unspecified atom stereocenters. The first kappa shape index (κ1) is 15.7. The average Bonchev–Trinajstić information content (AvgIpc) is 3.24. The van der Waals surface area contributed by atoms with Crippen molar-refractivity contribution < 1.29 is 8.42 Å². The van der Waals surface area contributed by atoms with Gasteiger partial charge in [-0.05, 0) is 44.0 Å². The van der Waals surface area contributed by atoms with Crippen molar-refractivity contribution in [3.05, 3.63) is 35.9 Å². The predicted molar refractivity (Wildman–Crippen MR) is 92.5 cm³/mol. The molecule has 2 fully saturated rings. The van der Waals surface area contributed by atoms with E-state index in [1.807, 2.05) is 18.2 Å². The summed E-state index contributed by atoms with van der Waals surface area (Å²) in [5.41, 5.74) is 1.18. The van der Waals surface area contributed by atoms with Gasteiger partial charge in [0.1, 0.15) is 0 Å². The molecule has 1 saturated carbocycles. The smallest absolute Gasteiger partial charge is 0.169 e. The molecular formula is C16H22N2O2S2. The topological polar surface area (TPSA) is 49.4 Å². The predicted octanol–water partition coefficient (Wildman–Crippen LogP) is 2.27. The van der Waals surface area contributed by atoms with E-state index in [2.05, 4.69) is 29.3 Å². The van der Waals surface area contributed by atoms with E-state index in [1.165, 1.54) is 5.56 Å². The quantitative estimate of drug-likeness (QED) is 0.854. The average molecular weight is 338 g/mol. The van der Waals surface area contributed by atoms with E-state index >= 15 is 0 Å². The van der Waals surface area contributed by atoms with Crippen LogP contribution in [0.1, 0.15) is 37.8 Å². The Bertz CT molecular complexity index is 641. The van der Waals surface area contributed by atoms with Gasteiger partial charge in [-0.15, -0.1) is 0 Å². The highest BCUT2D eigenvalue weighted by Gasteiger charge is 2.41. The molecule has 1 N–H and O–H groups in total. The summed E-state index contributed by atoms with van der Waals surface area (Å²) in [6.45, 7) is 2.08. The van der Waals surface area contributed by atoms with E-state index < -0.39 is 9.84 Å². The summed E-state index contributed by atoms with van der Waals surface area (Å²) in [6, 6.07) is 10.7. The summed E-state index contributed by atoms with van der Waals surface area (Å²) in [5.74, 6) is 0.531. The molecule has 0 radical (unpaired) electrons. The van der Waals surface area contributed by atoms with Gasteiger partial charge in [-0.2, -0.15) is 0 Å². The SMILES string of the molecule is CC(NC(=S)N(C1CC1)C1CCS(=O)(=O)C1)c1ccccc1. The summed E-state index contributed by atoms with van der Waals surface area (Å²) in [6.07, 6.45) is 2.91. The highest BCUT2D eigenvalue weighted by atomic mass is 32.2. The van der Waals surface area contributed by atoms with Crippen molar-refractivity contribution in [2.75, 3.05) is 11.5 Å². The molecular weight excluding hydrogens is 316 g/mol. The van der Waals surface area contributed by atoms with Crippen molar-refractivity contribution in [2.24, 2.45) is 0 Å². The van der Waals surface area contributed by atoms with E-state index in [4.69, 9.17) is 12.2 Å². The number of hydrogen-bond acceptors (Lipinski definition) is 3. The van der Waals surface area contributed by atoms with Crippen LogP contribution in [0.2, 0.25) is 0 Å². The fourth-order valence-electron chi connectivity index (χ4n) is 3.06.